The van der Waals surface area contributed by atoms with E-state index in [2.05, 4.69) is 24.7 Å². The zero-order valence-electron chi connectivity index (χ0n) is 12.0. The lowest BCUT2D eigenvalue weighted by Crippen LogP contribution is -3.07. The predicted octanol–water partition coefficient (Wildman–Crippen LogP) is 1.59. The molecule has 0 amide bonds. The number of rotatable bonds is 5. The minimum Gasteiger partial charge on any atom is -0.463 e. The monoisotopic (exact) mass is 308 g/mol. The third-order valence-corrected chi connectivity index (χ3v) is 3.40. The van der Waals surface area contributed by atoms with E-state index in [9.17, 15) is 4.39 Å². The number of halogens is 1. The fraction of sp³-hybridized carbons (Fsp3) is 0.267. The molecule has 4 nitrogen and oxygen atoms in total. The lowest BCUT2D eigenvalue weighted by atomic mass is 10.2. The molecule has 0 bridgehead atoms. The average Bonchev–Trinajstić information content (AvgIpc) is 2.95. The van der Waals surface area contributed by atoms with Gasteiger partial charge in [-0.05, 0) is 48.6 Å². The Morgan fingerprint density at radius 1 is 1.29 bits per heavy atom. The molecule has 1 atom stereocenters. The third-order valence-electron chi connectivity index (χ3n) is 3.15. The summed E-state index contributed by atoms with van der Waals surface area (Å²) < 4.78 is 18.3. The molecular formula is C15H19FN3OS+. The van der Waals surface area contributed by atoms with Crippen LogP contribution in [0.4, 0.5) is 10.1 Å². The van der Waals surface area contributed by atoms with Gasteiger partial charge in [0.1, 0.15) is 5.82 Å². The second-order valence-corrected chi connectivity index (χ2v) is 5.40. The van der Waals surface area contributed by atoms with Gasteiger partial charge in [0.2, 0.25) is 0 Å². The van der Waals surface area contributed by atoms with Crippen LogP contribution in [0.1, 0.15) is 11.8 Å². The van der Waals surface area contributed by atoms with Gasteiger partial charge in [-0.25, -0.2) is 4.39 Å². The van der Waals surface area contributed by atoms with E-state index in [-0.39, 0.29) is 11.9 Å². The summed E-state index contributed by atoms with van der Waals surface area (Å²) >= 11 is 5.25. The van der Waals surface area contributed by atoms with Crippen molar-refractivity contribution in [2.75, 3.05) is 26.0 Å². The largest absolute Gasteiger partial charge is 0.463 e. The quantitative estimate of drug-likeness (QED) is 0.734. The number of likely N-dealkylation sites (N-methyl/N-ethyl adjacent to an activating group) is 1. The van der Waals surface area contributed by atoms with E-state index in [0.29, 0.717) is 11.7 Å². The minimum atomic E-state index is -0.270. The Morgan fingerprint density at radius 3 is 2.57 bits per heavy atom. The van der Waals surface area contributed by atoms with Crippen LogP contribution in [0.3, 0.4) is 0 Å². The van der Waals surface area contributed by atoms with Crippen molar-refractivity contribution in [1.82, 2.24) is 5.32 Å². The van der Waals surface area contributed by atoms with Crippen LogP contribution in [-0.2, 0) is 0 Å². The fourth-order valence-corrected chi connectivity index (χ4v) is 2.18. The predicted molar refractivity (Wildman–Crippen MR) is 84.9 cm³/mol. The van der Waals surface area contributed by atoms with Crippen LogP contribution in [0, 0.1) is 5.82 Å². The van der Waals surface area contributed by atoms with E-state index in [1.54, 1.807) is 18.4 Å². The van der Waals surface area contributed by atoms with Crippen LogP contribution in [-0.4, -0.2) is 25.8 Å². The Balaban J connectivity index is 1.89. The highest BCUT2D eigenvalue weighted by Crippen LogP contribution is 2.10. The second kappa shape index (κ2) is 7.19. The molecule has 0 radical (unpaired) electrons. The molecule has 0 spiro atoms. The van der Waals surface area contributed by atoms with Gasteiger partial charge in [0, 0.05) is 5.69 Å². The van der Waals surface area contributed by atoms with E-state index < -0.39 is 0 Å². The Hall–Kier alpha value is -1.92. The molecule has 6 heteroatoms. The summed E-state index contributed by atoms with van der Waals surface area (Å²) in [6.07, 6.45) is 1.67. The summed E-state index contributed by atoms with van der Waals surface area (Å²) in [5.74, 6) is 0.639. The topological polar surface area (TPSA) is 41.6 Å². The van der Waals surface area contributed by atoms with Gasteiger partial charge in [-0.1, -0.05) is 0 Å². The van der Waals surface area contributed by atoms with Crippen LogP contribution in [0.5, 0.6) is 0 Å². The van der Waals surface area contributed by atoms with Crippen molar-refractivity contribution in [3.05, 3.63) is 54.2 Å². The Bertz CT molecular complexity index is 569. The van der Waals surface area contributed by atoms with Crippen molar-refractivity contribution in [2.45, 2.75) is 6.04 Å². The molecule has 0 unspecified atom stereocenters. The Kier molecular flexibility index (Phi) is 5.30. The Labute approximate surface area is 128 Å². The summed E-state index contributed by atoms with van der Waals surface area (Å²) in [5.41, 5.74) is 0.751. The van der Waals surface area contributed by atoms with Gasteiger partial charge >= 0.3 is 0 Å². The number of anilines is 1. The smallest absolute Gasteiger partial charge is 0.171 e. The molecule has 112 valence electrons. The molecule has 0 aliphatic rings. The van der Waals surface area contributed by atoms with Gasteiger partial charge in [0.25, 0.3) is 0 Å². The SMILES string of the molecule is C[NH+](C)[C@@H](CNC(=S)Nc1ccc(F)cc1)c1ccco1. The highest BCUT2D eigenvalue weighted by Gasteiger charge is 2.20. The molecule has 0 aliphatic heterocycles. The minimum absolute atomic E-state index is 0.160. The first-order valence-electron chi connectivity index (χ1n) is 6.70. The van der Waals surface area contributed by atoms with Crippen LogP contribution >= 0.6 is 12.2 Å². The Morgan fingerprint density at radius 2 is 2.00 bits per heavy atom. The second-order valence-electron chi connectivity index (χ2n) is 4.99. The number of benzene rings is 1. The van der Waals surface area contributed by atoms with Gasteiger partial charge < -0.3 is 20.0 Å². The lowest BCUT2D eigenvalue weighted by Gasteiger charge is -2.20. The number of thiocarbonyl (C=S) groups is 1. The maximum absolute atomic E-state index is 12.8. The van der Waals surface area contributed by atoms with E-state index in [1.165, 1.54) is 17.0 Å². The maximum Gasteiger partial charge on any atom is 0.171 e. The van der Waals surface area contributed by atoms with E-state index in [1.807, 2.05) is 12.1 Å². The van der Waals surface area contributed by atoms with Gasteiger partial charge in [-0.2, -0.15) is 0 Å². The van der Waals surface area contributed by atoms with Crippen molar-refractivity contribution in [2.24, 2.45) is 0 Å². The molecule has 21 heavy (non-hydrogen) atoms. The van der Waals surface area contributed by atoms with Crippen LogP contribution < -0.4 is 15.5 Å². The molecule has 3 N–H and O–H groups in total. The molecule has 1 heterocycles. The number of furan rings is 1. The molecular weight excluding hydrogens is 289 g/mol. The zero-order valence-corrected chi connectivity index (χ0v) is 12.8. The van der Waals surface area contributed by atoms with Crippen molar-refractivity contribution in [3.63, 3.8) is 0 Å². The molecule has 0 aliphatic carbocycles. The van der Waals surface area contributed by atoms with E-state index in [4.69, 9.17) is 16.6 Å². The van der Waals surface area contributed by atoms with Crippen molar-refractivity contribution >= 4 is 23.0 Å². The van der Waals surface area contributed by atoms with Crippen molar-refractivity contribution < 1.29 is 13.7 Å². The van der Waals surface area contributed by atoms with Crippen LogP contribution in [0.15, 0.2) is 47.1 Å². The molecule has 1 aromatic heterocycles. The molecule has 1 aromatic carbocycles. The number of hydrogen-bond donors (Lipinski definition) is 3. The summed E-state index contributed by atoms with van der Waals surface area (Å²) in [6.45, 7) is 0.642. The van der Waals surface area contributed by atoms with Gasteiger partial charge in [-0.3, -0.25) is 0 Å². The molecule has 0 fully saturated rings. The first-order valence-corrected chi connectivity index (χ1v) is 7.11. The first-order chi connectivity index (χ1) is 10.1. The normalized spacial score (nSPS) is 12.2. The van der Waals surface area contributed by atoms with Gasteiger partial charge in [0.15, 0.2) is 16.9 Å². The maximum atomic E-state index is 12.8. The highest BCUT2D eigenvalue weighted by atomic mass is 32.1. The van der Waals surface area contributed by atoms with Gasteiger partial charge in [0.05, 0.1) is 26.9 Å². The van der Waals surface area contributed by atoms with E-state index in [0.717, 1.165) is 11.4 Å². The molecule has 2 aromatic rings. The lowest BCUT2D eigenvalue weighted by molar-refractivity contribution is -0.891. The third kappa shape index (κ3) is 4.54. The summed E-state index contributed by atoms with van der Waals surface area (Å²) in [7, 11) is 4.12. The average molecular weight is 308 g/mol. The van der Waals surface area contributed by atoms with Crippen LogP contribution in [0.25, 0.3) is 0 Å². The van der Waals surface area contributed by atoms with Crippen molar-refractivity contribution in [3.8, 4) is 0 Å². The fourth-order valence-electron chi connectivity index (χ4n) is 1.98. The number of nitrogens with one attached hydrogen (secondary N) is 3. The zero-order chi connectivity index (χ0) is 15.2. The number of hydrogen-bond acceptors (Lipinski definition) is 2. The standard InChI is InChI=1S/C15H18FN3OS/c1-19(2)13(14-4-3-9-20-14)10-17-15(21)18-12-7-5-11(16)6-8-12/h3-9,13H,10H2,1-2H3,(H2,17,18,21)/p+1/t13-/m0/s1. The molecule has 0 saturated carbocycles. The first kappa shape index (κ1) is 15.5. The molecule has 2 rings (SSSR count). The molecule has 0 saturated heterocycles. The summed E-state index contributed by atoms with van der Waals surface area (Å²) in [6, 6.07) is 10.1. The van der Waals surface area contributed by atoms with Crippen LogP contribution in [0.2, 0.25) is 0 Å². The summed E-state index contributed by atoms with van der Waals surface area (Å²) in [5, 5.41) is 6.68. The van der Waals surface area contributed by atoms with Crippen molar-refractivity contribution in [1.29, 1.82) is 0 Å². The van der Waals surface area contributed by atoms with Gasteiger partial charge in [-0.15, -0.1) is 0 Å². The highest BCUT2D eigenvalue weighted by molar-refractivity contribution is 7.80. The van der Waals surface area contributed by atoms with E-state index >= 15 is 0 Å². The summed E-state index contributed by atoms with van der Waals surface area (Å²) in [4.78, 5) is 1.24. The number of quaternary nitrogens is 1.